The number of hydrogen-bond donors (Lipinski definition) is 2. The minimum atomic E-state index is -4.71. The number of alkyl halides is 3. The molecule has 9 nitrogen and oxygen atoms in total. The monoisotopic (exact) mass is 522 g/mol. The highest BCUT2D eigenvalue weighted by Crippen LogP contribution is 2.33. The molecule has 1 aliphatic rings. The molecule has 1 aromatic carbocycles. The number of aromatic nitrogens is 3. The summed E-state index contributed by atoms with van der Waals surface area (Å²) in [6.45, 7) is 3.59. The zero-order valence-electron chi connectivity index (χ0n) is 20.2. The number of benzene rings is 1. The molecular weight excluding hydrogens is 496 g/mol. The Morgan fingerprint density at radius 2 is 2.08 bits per heavy atom. The van der Waals surface area contributed by atoms with E-state index in [-0.39, 0.29) is 29.8 Å². The molecule has 1 aliphatic heterocycles. The fourth-order valence-electron chi connectivity index (χ4n) is 4.32. The molecule has 3 N–H and O–H groups in total. The van der Waals surface area contributed by atoms with Crippen LogP contribution in [0.2, 0.25) is 0 Å². The number of carbonyl (C=O) groups is 2. The number of nitrogens with one attached hydrogen (secondary N) is 1. The maximum Gasteiger partial charge on any atom is 0.416 e. The molecule has 2 atom stereocenters. The third-order valence-electron chi connectivity index (χ3n) is 6.34. The van der Waals surface area contributed by atoms with Gasteiger partial charge >= 0.3 is 18.0 Å². The van der Waals surface area contributed by atoms with Gasteiger partial charge in [-0.15, -0.1) is 0 Å². The molecule has 0 aliphatic carbocycles. The maximum atomic E-state index is 14.5. The molecule has 1 fully saturated rings. The predicted molar refractivity (Wildman–Crippen MR) is 127 cm³/mol. The quantitative estimate of drug-likeness (QED) is 0.379. The Balaban J connectivity index is 1.56. The van der Waals surface area contributed by atoms with Crippen molar-refractivity contribution in [3.8, 4) is 0 Å². The smallest absolute Gasteiger partial charge is 0.383 e. The average molecular weight is 523 g/mol. The highest BCUT2D eigenvalue weighted by atomic mass is 19.4. The second-order valence-corrected chi connectivity index (χ2v) is 8.71. The van der Waals surface area contributed by atoms with Crippen molar-refractivity contribution >= 4 is 34.2 Å². The molecule has 2 aromatic heterocycles. The molecule has 0 radical (unpaired) electrons. The van der Waals surface area contributed by atoms with Crippen LogP contribution in [0.15, 0.2) is 30.6 Å². The number of nitrogen functional groups attached to an aromatic ring is 1. The number of fused-ring (bicyclic) bond motifs is 1. The summed E-state index contributed by atoms with van der Waals surface area (Å²) in [5, 5.41) is 7.44. The summed E-state index contributed by atoms with van der Waals surface area (Å²) in [4.78, 5) is 31.0. The van der Waals surface area contributed by atoms with Gasteiger partial charge in [-0.3, -0.25) is 9.59 Å². The van der Waals surface area contributed by atoms with Crippen molar-refractivity contribution in [3.05, 3.63) is 47.5 Å². The summed E-state index contributed by atoms with van der Waals surface area (Å²) >= 11 is 0. The van der Waals surface area contributed by atoms with Gasteiger partial charge in [0, 0.05) is 24.9 Å². The number of rotatable bonds is 5. The standard InChI is InChI=1S/C24H26F4N6O3/c1-3-33(13(2)15-8-7-14(10-17(15)25)24(26,27)28)23(36)22(35)31-18-11-30-21(29)16-12-34(32-20(16)18)19-6-4-5-9-37-19/h7-8,10-13,19H,3-6,9H2,1-2H3,(H2,29,30)(H,31,35). The van der Waals surface area contributed by atoms with Gasteiger partial charge in [0.1, 0.15) is 23.4 Å². The van der Waals surface area contributed by atoms with Crippen molar-refractivity contribution in [2.24, 2.45) is 0 Å². The van der Waals surface area contributed by atoms with E-state index < -0.39 is 35.4 Å². The number of anilines is 2. The third-order valence-corrected chi connectivity index (χ3v) is 6.34. The third kappa shape index (κ3) is 5.36. The van der Waals surface area contributed by atoms with Gasteiger partial charge in [0.25, 0.3) is 0 Å². The predicted octanol–water partition coefficient (Wildman–Crippen LogP) is 4.42. The van der Waals surface area contributed by atoms with E-state index in [1.807, 2.05) is 0 Å². The molecule has 3 heterocycles. The van der Waals surface area contributed by atoms with E-state index in [1.54, 1.807) is 17.8 Å². The largest absolute Gasteiger partial charge is 0.416 e. The molecule has 1 saturated heterocycles. The van der Waals surface area contributed by atoms with Gasteiger partial charge in [-0.05, 0) is 45.2 Å². The van der Waals surface area contributed by atoms with Gasteiger partial charge in [0.15, 0.2) is 0 Å². The molecule has 0 saturated carbocycles. The molecule has 0 spiro atoms. The minimum Gasteiger partial charge on any atom is -0.383 e. The van der Waals surface area contributed by atoms with Crippen LogP contribution in [0.1, 0.15) is 56.5 Å². The van der Waals surface area contributed by atoms with Gasteiger partial charge in [-0.25, -0.2) is 14.1 Å². The van der Waals surface area contributed by atoms with Gasteiger partial charge in [-0.2, -0.15) is 18.3 Å². The van der Waals surface area contributed by atoms with Crippen LogP contribution in [0.25, 0.3) is 10.9 Å². The van der Waals surface area contributed by atoms with E-state index in [1.165, 1.54) is 13.1 Å². The number of ether oxygens (including phenoxy) is 1. The van der Waals surface area contributed by atoms with Crippen LogP contribution < -0.4 is 11.1 Å². The van der Waals surface area contributed by atoms with Crippen LogP contribution in [0.5, 0.6) is 0 Å². The summed E-state index contributed by atoms with van der Waals surface area (Å²) < 4.78 is 60.6. The molecule has 4 rings (SSSR count). The Bertz CT molecular complexity index is 1320. The Labute approximate surface area is 209 Å². The number of hydrogen-bond acceptors (Lipinski definition) is 6. The van der Waals surface area contributed by atoms with Crippen LogP contribution in [-0.2, 0) is 20.5 Å². The second kappa shape index (κ2) is 10.3. The first-order valence-corrected chi connectivity index (χ1v) is 11.7. The highest BCUT2D eigenvalue weighted by molar-refractivity contribution is 6.40. The average Bonchev–Trinajstić information content (AvgIpc) is 3.32. The van der Waals surface area contributed by atoms with Crippen LogP contribution in [0.3, 0.4) is 0 Å². The van der Waals surface area contributed by atoms with Crippen LogP contribution in [0, 0.1) is 5.82 Å². The van der Waals surface area contributed by atoms with Crippen LogP contribution in [0.4, 0.5) is 29.1 Å². The van der Waals surface area contributed by atoms with Gasteiger partial charge < -0.3 is 20.7 Å². The molecule has 2 unspecified atom stereocenters. The SMILES string of the molecule is CCN(C(=O)C(=O)Nc1cnc(N)c2cn(C3CCCCO3)nc12)C(C)c1ccc(C(F)(F)F)cc1F. The van der Waals surface area contributed by atoms with Crippen LogP contribution in [-0.4, -0.2) is 44.6 Å². The maximum absolute atomic E-state index is 14.5. The molecule has 0 bridgehead atoms. The molecule has 2 amide bonds. The van der Waals surface area contributed by atoms with E-state index in [0.717, 1.165) is 36.3 Å². The Kier molecular flexibility index (Phi) is 7.35. The molecule has 198 valence electrons. The Morgan fingerprint density at radius 3 is 2.70 bits per heavy atom. The van der Waals surface area contributed by atoms with Gasteiger partial charge in [-0.1, -0.05) is 6.07 Å². The van der Waals surface area contributed by atoms with Crippen molar-refractivity contribution in [2.75, 3.05) is 24.2 Å². The topological polar surface area (TPSA) is 115 Å². The lowest BCUT2D eigenvalue weighted by molar-refractivity contribution is -0.144. The first-order valence-electron chi connectivity index (χ1n) is 11.7. The van der Waals surface area contributed by atoms with Crippen molar-refractivity contribution in [3.63, 3.8) is 0 Å². The highest BCUT2D eigenvalue weighted by Gasteiger charge is 2.33. The summed E-state index contributed by atoms with van der Waals surface area (Å²) in [6.07, 6.45) is 0.615. The van der Waals surface area contributed by atoms with E-state index >= 15 is 0 Å². The first kappa shape index (κ1) is 26.3. The van der Waals surface area contributed by atoms with E-state index in [9.17, 15) is 27.2 Å². The summed E-state index contributed by atoms with van der Waals surface area (Å²) in [7, 11) is 0. The lowest BCUT2D eigenvalue weighted by Gasteiger charge is -2.28. The Morgan fingerprint density at radius 1 is 1.32 bits per heavy atom. The van der Waals surface area contributed by atoms with Crippen molar-refractivity contribution in [1.29, 1.82) is 0 Å². The normalized spacial score (nSPS) is 17.0. The fraction of sp³-hybridized carbons (Fsp3) is 0.417. The Hall–Kier alpha value is -3.74. The van der Waals surface area contributed by atoms with Crippen molar-refractivity contribution in [1.82, 2.24) is 19.7 Å². The minimum absolute atomic E-state index is 0.00305. The number of carbonyl (C=O) groups excluding carboxylic acids is 2. The lowest BCUT2D eigenvalue weighted by atomic mass is 10.0. The molecular formula is C24H26F4N6O3. The summed E-state index contributed by atoms with van der Waals surface area (Å²) in [6, 6.07) is 1.05. The number of likely N-dealkylation sites (N-methyl/N-ethyl adjacent to an activating group) is 1. The van der Waals surface area contributed by atoms with E-state index in [2.05, 4.69) is 15.4 Å². The zero-order valence-corrected chi connectivity index (χ0v) is 20.2. The van der Waals surface area contributed by atoms with E-state index in [0.29, 0.717) is 23.6 Å². The lowest BCUT2D eigenvalue weighted by Crippen LogP contribution is -2.41. The first-order chi connectivity index (χ1) is 17.5. The number of halogens is 4. The van der Waals surface area contributed by atoms with Gasteiger partial charge in [0.2, 0.25) is 0 Å². The van der Waals surface area contributed by atoms with Gasteiger partial charge in [0.05, 0.1) is 28.9 Å². The van der Waals surface area contributed by atoms with Crippen molar-refractivity contribution < 1.29 is 31.9 Å². The zero-order chi connectivity index (χ0) is 26.9. The van der Waals surface area contributed by atoms with Crippen LogP contribution >= 0.6 is 0 Å². The summed E-state index contributed by atoms with van der Waals surface area (Å²) in [5.74, 6) is -3.00. The summed E-state index contributed by atoms with van der Waals surface area (Å²) in [5.41, 5.74) is 5.14. The number of nitrogens with two attached hydrogens (primary N) is 1. The number of nitrogens with zero attached hydrogens (tertiary/aromatic N) is 4. The van der Waals surface area contributed by atoms with Crippen molar-refractivity contribution in [2.45, 2.75) is 51.6 Å². The molecule has 13 heteroatoms. The fourth-order valence-corrected chi connectivity index (χ4v) is 4.32. The number of amides is 2. The van der Waals surface area contributed by atoms with E-state index in [4.69, 9.17) is 10.5 Å². The number of pyridine rings is 1. The molecule has 37 heavy (non-hydrogen) atoms. The molecule has 3 aromatic rings. The second-order valence-electron chi connectivity index (χ2n) is 8.71.